The molecule has 0 bridgehead atoms. The van der Waals surface area contributed by atoms with Crippen LogP contribution >= 0.6 is 0 Å². The molecule has 0 aliphatic heterocycles. The third-order valence-electron chi connectivity index (χ3n) is 2.78. The van der Waals surface area contributed by atoms with Crippen LogP contribution in [-0.4, -0.2) is 26.2 Å². The summed E-state index contributed by atoms with van der Waals surface area (Å²) in [5, 5.41) is 2.84. The highest BCUT2D eigenvalue weighted by Crippen LogP contribution is 2.30. The molecular formula is C14H22N2O3. The summed E-state index contributed by atoms with van der Waals surface area (Å²) in [6, 6.07) is 5.32. The maximum Gasteiger partial charge on any atom is 0.227 e. The number of hydrogen-bond acceptors (Lipinski definition) is 4. The van der Waals surface area contributed by atoms with Crippen LogP contribution in [0.25, 0.3) is 0 Å². The molecule has 3 N–H and O–H groups in total. The van der Waals surface area contributed by atoms with Crippen molar-refractivity contribution in [3.05, 3.63) is 18.2 Å². The van der Waals surface area contributed by atoms with Crippen LogP contribution in [0.1, 0.15) is 20.3 Å². The van der Waals surface area contributed by atoms with Crippen LogP contribution in [0.2, 0.25) is 0 Å². The van der Waals surface area contributed by atoms with Gasteiger partial charge in [-0.3, -0.25) is 4.79 Å². The molecule has 1 aromatic carbocycles. The van der Waals surface area contributed by atoms with E-state index >= 15 is 0 Å². The predicted molar refractivity (Wildman–Crippen MR) is 75.6 cm³/mol. The standard InChI is InChI=1S/C14H22N2O3/c1-4-19-12-6-5-11(9-13(12)18-3)16-14(17)10(2)7-8-15/h5-6,9-10H,4,7-8,15H2,1-3H3,(H,16,17). The molecule has 0 aromatic heterocycles. The van der Waals surface area contributed by atoms with Gasteiger partial charge in [0.1, 0.15) is 0 Å². The molecule has 0 radical (unpaired) electrons. The lowest BCUT2D eigenvalue weighted by Gasteiger charge is -2.14. The molecule has 0 spiro atoms. The summed E-state index contributed by atoms with van der Waals surface area (Å²) < 4.78 is 10.7. The van der Waals surface area contributed by atoms with Gasteiger partial charge in [-0.25, -0.2) is 0 Å². The fourth-order valence-electron chi connectivity index (χ4n) is 1.67. The molecule has 0 fully saturated rings. The Hall–Kier alpha value is -1.75. The van der Waals surface area contributed by atoms with Gasteiger partial charge in [-0.1, -0.05) is 6.92 Å². The van der Waals surface area contributed by atoms with Crippen LogP contribution in [0.15, 0.2) is 18.2 Å². The lowest BCUT2D eigenvalue weighted by molar-refractivity contribution is -0.119. The zero-order valence-electron chi connectivity index (χ0n) is 11.7. The third kappa shape index (κ3) is 4.44. The first-order chi connectivity index (χ1) is 9.12. The van der Waals surface area contributed by atoms with Gasteiger partial charge < -0.3 is 20.5 Å². The van der Waals surface area contributed by atoms with E-state index < -0.39 is 0 Å². The van der Waals surface area contributed by atoms with E-state index in [1.54, 1.807) is 25.3 Å². The van der Waals surface area contributed by atoms with Crippen molar-refractivity contribution in [3.63, 3.8) is 0 Å². The molecule has 106 valence electrons. The predicted octanol–water partition coefficient (Wildman–Crippen LogP) is 2.02. The molecule has 0 heterocycles. The summed E-state index contributed by atoms with van der Waals surface area (Å²) in [6.07, 6.45) is 0.667. The van der Waals surface area contributed by atoms with Crippen LogP contribution in [0, 0.1) is 5.92 Å². The fourth-order valence-corrected chi connectivity index (χ4v) is 1.67. The zero-order chi connectivity index (χ0) is 14.3. The SMILES string of the molecule is CCOc1ccc(NC(=O)C(C)CCN)cc1OC. The summed E-state index contributed by atoms with van der Waals surface area (Å²) >= 11 is 0. The second-order valence-electron chi connectivity index (χ2n) is 4.27. The largest absolute Gasteiger partial charge is 0.493 e. The zero-order valence-corrected chi connectivity index (χ0v) is 11.7. The van der Waals surface area contributed by atoms with Gasteiger partial charge in [0.05, 0.1) is 13.7 Å². The Morgan fingerprint density at radius 1 is 1.42 bits per heavy atom. The Labute approximate surface area is 114 Å². The topological polar surface area (TPSA) is 73.6 Å². The highest BCUT2D eigenvalue weighted by Gasteiger charge is 2.13. The molecule has 0 aliphatic rings. The molecule has 5 nitrogen and oxygen atoms in total. The van der Waals surface area contributed by atoms with Crippen molar-refractivity contribution in [1.82, 2.24) is 0 Å². The highest BCUT2D eigenvalue weighted by molar-refractivity contribution is 5.92. The second-order valence-corrected chi connectivity index (χ2v) is 4.27. The minimum atomic E-state index is -0.109. The van der Waals surface area contributed by atoms with E-state index in [4.69, 9.17) is 15.2 Å². The van der Waals surface area contributed by atoms with Crippen molar-refractivity contribution in [1.29, 1.82) is 0 Å². The number of anilines is 1. The van der Waals surface area contributed by atoms with Crippen LogP contribution in [0.4, 0.5) is 5.69 Å². The Morgan fingerprint density at radius 2 is 2.16 bits per heavy atom. The van der Waals surface area contributed by atoms with Crippen molar-refractivity contribution < 1.29 is 14.3 Å². The van der Waals surface area contributed by atoms with E-state index in [0.717, 1.165) is 0 Å². The van der Waals surface area contributed by atoms with E-state index in [-0.39, 0.29) is 11.8 Å². The van der Waals surface area contributed by atoms with Crippen LogP contribution in [0.5, 0.6) is 11.5 Å². The second kappa shape index (κ2) is 7.63. The Kier molecular flexibility index (Phi) is 6.15. The monoisotopic (exact) mass is 266 g/mol. The average molecular weight is 266 g/mol. The number of benzene rings is 1. The minimum Gasteiger partial charge on any atom is -0.493 e. The van der Waals surface area contributed by atoms with E-state index in [1.807, 2.05) is 13.8 Å². The normalized spacial score (nSPS) is 11.8. The summed E-state index contributed by atoms with van der Waals surface area (Å²) in [5.41, 5.74) is 6.13. The lowest BCUT2D eigenvalue weighted by atomic mass is 10.1. The number of carbonyl (C=O) groups excluding carboxylic acids is 1. The molecule has 1 unspecified atom stereocenters. The third-order valence-corrected chi connectivity index (χ3v) is 2.78. The van der Waals surface area contributed by atoms with Gasteiger partial charge >= 0.3 is 0 Å². The summed E-state index contributed by atoms with van der Waals surface area (Å²) in [5.74, 6) is 1.11. The van der Waals surface area contributed by atoms with Gasteiger partial charge in [0.25, 0.3) is 0 Å². The molecule has 0 saturated heterocycles. The summed E-state index contributed by atoms with van der Waals surface area (Å²) in [7, 11) is 1.57. The summed E-state index contributed by atoms with van der Waals surface area (Å²) in [6.45, 7) is 4.83. The molecular weight excluding hydrogens is 244 g/mol. The summed E-state index contributed by atoms with van der Waals surface area (Å²) in [4.78, 5) is 11.9. The van der Waals surface area contributed by atoms with E-state index in [0.29, 0.717) is 36.8 Å². The number of nitrogens with one attached hydrogen (secondary N) is 1. The van der Waals surface area contributed by atoms with Crippen molar-refractivity contribution in [2.75, 3.05) is 25.6 Å². The Balaban J connectivity index is 2.76. The number of hydrogen-bond donors (Lipinski definition) is 2. The number of nitrogens with two attached hydrogens (primary N) is 1. The molecule has 1 aromatic rings. The van der Waals surface area contributed by atoms with E-state index in [2.05, 4.69) is 5.32 Å². The Bertz CT molecular complexity index is 421. The molecule has 0 aliphatic carbocycles. The first-order valence-corrected chi connectivity index (χ1v) is 6.44. The van der Waals surface area contributed by atoms with Crippen molar-refractivity contribution in [2.24, 2.45) is 11.7 Å². The quantitative estimate of drug-likeness (QED) is 0.792. The van der Waals surface area contributed by atoms with Gasteiger partial charge in [-0.15, -0.1) is 0 Å². The molecule has 5 heteroatoms. The highest BCUT2D eigenvalue weighted by atomic mass is 16.5. The average Bonchev–Trinajstić information content (AvgIpc) is 2.41. The first-order valence-electron chi connectivity index (χ1n) is 6.44. The number of rotatable bonds is 7. The van der Waals surface area contributed by atoms with Gasteiger partial charge in [0, 0.05) is 17.7 Å². The van der Waals surface area contributed by atoms with Gasteiger partial charge in [0.15, 0.2) is 11.5 Å². The van der Waals surface area contributed by atoms with E-state index in [9.17, 15) is 4.79 Å². The van der Waals surface area contributed by atoms with Crippen molar-refractivity contribution in [2.45, 2.75) is 20.3 Å². The maximum atomic E-state index is 11.9. The van der Waals surface area contributed by atoms with Crippen LogP contribution < -0.4 is 20.5 Å². The molecule has 0 saturated carbocycles. The van der Waals surface area contributed by atoms with Gasteiger partial charge in [-0.2, -0.15) is 0 Å². The van der Waals surface area contributed by atoms with Gasteiger partial charge in [-0.05, 0) is 32.0 Å². The molecule has 1 rings (SSSR count). The first kappa shape index (κ1) is 15.3. The smallest absolute Gasteiger partial charge is 0.227 e. The van der Waals surface area contributed by atoms with Gasteiger partial charge in [0.2, 0.25) is 5.91 Å². The molecule has 19 heavy (non-hydrogen) atoms. The number of carbonyl (C=O) groups is 1. The lowest BCUT2D eigenvalue weighted by Crippen LogP contribution is -2.22. The van der Waals surface area contributed by atoms with Crippen LogP contribution in [-0.2, 0) is 4.79 Å². The van der Waals surface area contributed by atoms with Crippen molar-refractivity contribution >= 4 is 11.6 Å². The maximum absolute atomic E-state index is 11.9. The number of amides is 1. The van der Waals surface area contributed by atoms with Crippen LogP contribution in [0.3, 0.4) is 0 Å². The van der Waals surface area contributed by atoms with E-state index in [1.165, 1.54) is 0 Å². The number of ether oxygens (including phenoxy) is 2. The Morgan fingerprint density at radius 3 is 2.74 bits per heavy atom. The fraction of sp³-hybridized carbons (Fsp3) is 0.500. The minimum absolute atomic E-state index is 0.0448. The molecule has 1 atom stereocenters. The number of methoxy groups -OCH3 is 1. The van der Waals surface area contributed by atoms with Crippen molar-refractivity contribution in [3.8, 4) is 11.5 Å². The molecule has 1 amide bonds.